The lowest BCUT2D eigenvalue weighted by atomic mass is 10.1. The van der Waals surface area contributed by atoms with E-state index in [4.69, 9.17) is 10.5 Å². The molecule has 0 aliphatic heterocycles. The second-order valence-corrected chi connectivity index (χ2v) is 5.33. The summed E-state index contributed by atoms with van der Waals surface area (Å²) < 4.78 is 19.5. The highest BCUT2D eigenvalue weighted by molar-refractivity contribution is 5.30. The number of nitrogens with two attached hydrogens (primary N) is 1. The number of aliphatic hydroxyl groups excluding tert-OH is 1. The minimum Gasteiger partial charge on any atom is -0.488 e. The molecule has 19 heavy (non-hydrogen) atoms. The normalized spacial score (nSPS) is 25.7. The first kappa shape index (κ1) is 14.3. The van der Waals surface area contributed by atoms with Crippen LogP contribution >= 0.6 is 0 Å². The largest absolute Gasteiger partial charge is 0.488 e. The molecule has 1 fully saturated rings. The van der Waals surface area contributed by atoms with E-state index in [1.165, 1.54) is 6.07 Å². The van der Waals surface area contributed by atoms with Crippen molar-refractivity contribution in [2.75, 3.05) is 0 Å². The molecule has 0 saturated heterocycles. The Bertz CT molecular complexity index is 423. The lowest BCUT2D eigenvalue weighted by Gasteiger charge is -2.22. The number of hydrogen-bond donors (Lipinski definition) is 2. The number of ether oxygens (including phenoxy) is 1. The molecule has 1 aromatic rings. The monoisotopic (exact) mass is 267 g/mol. The van der Waals surface area contributed by atoms with Gasteiger partial charge in [0.1, 0.15) is 17.7 Å². The van der Waals surface area contributed by atoms with Crippen LogP contribution < -0.4 is 10.5 Å². The van der Waals surface area contributed by atoms with Crippen LogP contribution in [0.25, 0.3) is 0 Å². The highest BCUT2D eigenvalue weighted by Crippen LogP contribution is 2.25. The first-order valence-corrected chi connectivity index (χ1v) is 6.97. The van der Waals surface area contributed by atoms with Crippen molar-refractivity contribution in [3.05, 3.63) is 29.6 Å². The maximum atomic E-state index is 13.8. The summed E-state index contributed by atoms with van der Waals surface area (Å²) in [6.45, 7) is 1.74. The zero-order valence-corrected chi connectivity index (χ0v) is 11.3. The molecule has 0 amide bonds. The Hall–Kier alpha value is -1.13. The molecular formula is C15H22FNO2. The summed E-state index contributed by atoms with van der Waals surface area (Å²) in [5, 5.41) is 9.98. The molecule has 2 unspecified atom stereocenters. The van der Waals surface area contributed by atoms with Crippen LogP contribution in [0, 0.1) is 5.82 Å². The predicted octanol–water partition coefficient (Wildman–Crippen LogP) is 2.92. The van der Waals surface area contributed by atoms with Gasteiger partial charge in [0, 0.05) is 17.7 Å². The summed E-state index contributed by atoms with van der Waals surface area (Å²) >= 11 is 0. The Kier molecular flexibility index (Phi) is 4.77. The van der Waals surface area contributed by atoms with Crippen molar-refractivity contribution in [3.63, 3.8) is 0 Å². The fraction of sp³-hybridized carbons (Fsp3) is 0.600. The highest BCUT2D eigenvalue weighted by atomic mass is 19.1. The molecule has 0 aromatic heterocycles. The quantitative estimate of drug-likeness (QED) is 0.828. The number of benzene rings is 1. The van der Waals surface area contributed by atoms with Gasteiger partial charge in [-0.15, -0.1) is 0 Å². The van der Waals surface area contributed by atoms with Crippen LogP contribution in [-0.2, 0) is 0 Å². The maximum absolute atomic E-state index is 13.8. The van der Waals surface area contributed by atoms with Crippen molar-refractivity contribution in [3.8, 4) is 5.75 Å². The third-order valence-corrected chi connectivity index (χ3v) is 3.67. The topological polar surface area (TPSA) is 55.5 Å². The summed E-state index contributed by atoms with van der Waals surface area (Å²) in [5.74, 6) is 0.114. The molecule has 1 saturated carbocycles. The average molecular weight is 267 g/mol. The van der Waals surface area contributed by atoms with E-state index in [0.717, 1.165) is 32.1 Å². The molecule has 0 heterocycles. The van der Waals surface area contributed by atoms with E-state index < -0.39 is 6.10 Å². The Labute approximate surface area is 113 Å². The van der Waals surface area contributed by atoms with Gasteiger partial charge in [-0.1, -0.05) is 18.9 Å². The fourth-order valence-corrected chi connectivity index (χ4v) is 2.52. The van der Waals surface area contributed by atoms with Gasteiger partial charge < -0.3 is 15.6 Å². The van der Waals surface area contributed by atoms with Gasteiger partial charge >= 0.3 is 0 Å². The van der Waals surface area contributed by atoms with E-state index in [1.807, 2.05) is 0 Å². The molecule has 4 heteroatoms. The standard InChI is InChI=1S/C15H22FNO2/c1-10(17)12-8-7-11(9-13(12)16)19-15-6-4-2-3-5-14(15)18/h7-10,14-15,18H,2-6,17H2,1H3/t10-,14?,15?/m1/s1. The van der Waals surface area contributed by atoms with Crippen LogP contribution in [0.15, 0.2) is 18.2 Å². The number of halogens is 1. The minimum absolute atomic E-state index is 0.233. The molecule has 1 aliphatic carbocycles. The summed E-state index contributed by atoms with van der Waals surface area (Å²) in [5.41, 5.74) is 6.15. The summed E-state index contributed by atoms with van der Waals surface area (Å²) in [6.07, 6.45) is 4.07. The van der Waals surface area contributed by atoms with Gasteiger partial charge in [0.25, 0.3) is 0 Å². The molecule has 0 radical (unpaired) electrons. The van der Waals surface area contributed by atoms with Gasteiger partial charge in [-0.2, -0.15) is 0 Å². The second kappa shape index (κ2) is 6.35. The van der Waals surface area contributed by atoms with Crippen LogP contribution in [0.4, 0.5) is 4.39 Å². The molecule has 2 rings (SSSR count). The summed E-state index contributed by atoms with van der Waals surface area (Å²) in [7, 11) is 0. The molecule has 1 aromatic carbocycles. The van der Waals surface area contributed by atoms with Crippen molar-refractivity contribution >= 4 is 0 Å². The molecule has 3 nitrogen and oxygen atoms in total. The summed E-state index contributed by atoms with van der Waals surface area (Å²) in [6, 6.07) is 4.39. The molecule has 3 atom stereocenters. The van der Waals surface area contributed by atoms with E-state index in [2.05, 4.69) is 0 Å². The van der Waals surface area contributed by atoms with Gasteiger partial charge in [0.2, 0.25) is 0 Å². The van der Waals surface area contributed by atoms with E-state index in [-0.39, 0.29) is 18.0 Å². The molecule has 1 aliphatic rings. The van der Waals surface area contributed by atoms with Crippen LogP contribution in [-0.4, -0.2) is 17.3 Å². The lowest BCUT2D eigenvalue weighted by Crippen LogP contribution is -2.30. The Morgan fingerprint density at radius 1 is 1.32 bits per heavy atom. The number of aliphatic hydroxyl groups is 1. The average Bonchev–Trinajstić information content (AvgIpc) is 2.55. The molecule has 3 N–H and O–H groups in total. The first-order chi connectivity index (χ1) is 9.08. The van der Waals surface area contributed by atoms with Gasteiger partial charge in [-0.05, 0) is 32.3 Å². The molecular weight excluding hydrogens is 245 g/mol. The van der Waals surface area contributed by atoms with Gasteiger partial charge in [0.15, 0.2) is 0 Å². The van der Waals surface area contributed by atoms with Gasteiger partial charge in [-0.25, -0.2) is 4.39 Å². The predicted molar refractivity (Wildman–Crippen MR) is 72.5 cm³/mol. The molecule has 0 spiro atoms. The Balaban J connectivity index is 2.08. The number of rotatable bonds is 3. The van der Waals surface area contributed by atoms with E-state index in [0.29, 0.717) is 11.3 Å². The van der Waals surface area contributed by atoms with Crippen LogP contribution in [0.2, 0.25) is 0 Å². The van der Waals surface area contributed by atoms with Crippen molar-refractivity contribution in [2.24, 2.45) is 5.73 Å². The van der Waals surface area contributed by atoms with Crippen molar-refractivity contribution in [1.29, 1.82) is 0 Å². The minimum atomic E-state index is -0.460. The summed E-state index contributed by atoms with van der Waals surface area (Å²) in [4.78, 5) is 0. The van der Waals surface area contributed by atoms with Crippen LogP contribution in [0.5, 0.6) is 5.75 Å². The Morgan fingerprint density at radius 3 is 2.74 bits per heavy atom. The molecule has 106 valence electrons. The highest BCUT2D eigenvalue weighted by Gasteiger charge is 2.23. The smallest absolute Gasteiger partial charge is 0.131 e. The molecule has 0 bridgehead atoms. The van der Waals surface area contributed by atoms with Gasteiger partial charge in [-0.3, -0.25) is 0 Å². The van der Waals surface area contributed by atoms with Crippen molar-refractivity contribution in [1.82, 2.24) is 0 Å². The second-order valence-electron chi connectivity index (χ2n) is 5.33. The van der Waals surface area contributed by atoms with E-state index >= 15 is 0 Å². The van der Waals surface area contributed by atoms with Gasteiger partial charge in [0.05, 0.1) is 6.10 Å². The first-order valence-electron chi connectivity index (χ1n) is 6.97. The SMILES string of the molecule is C[C@@H](N)c1ccc(OC2CCCCCC2O)cc1F. The third kappa shape index (κ3) is 3.67. The fourth-order valence-electron chi connectivity index (χ4n) is 2.52. The number of hydrogen-bond acceptors (Lipinski definition) is 3. The van der Waals surface area contributed by atoms with Crippen molar-refractivity contribution < 1.29 is 14.2 Å². The zero-order chi connectivity index (χ0) is 13.8. The maximum Gasteiger partial charge on any atom is 0.131 e. The Morgan fingerprint density at radius 2 is 2.05 bits per heavy atom. The van der Waals surface area contributed by atoms with Crippen molar-refractivity contribution in [2.45, 2.75) is 57.3 Å². The lowest BCUT2D eigenvalue weighted by molar-refractivity contribution is 0.0318. The van der Waals surface area contributed by atoms with E-state index in [1.54, 1.807) is 19.1 Å². The zero-order valence-electron chi connectivity index (χ0n) is 11.3. The van der Waals surface area contributed by atoms with Crippen LogP contribution in [0.1, 0.15) is 50.6 Å². The van der Waals surface area contributed by atoms with Crippen LogP contribution in [0.3, 0.4) is 0 Å². The third-order valence-electron chi connectivity index (χ3n) is 3.67. The van der Waals surface area contributed by atoms with E-state index in [9.17, 15) is 9.50 Å².